The highest BCUT2D eigenvalue weighted by Crippen LogP contribution is 2.31. The third-order valence-electron chi connectivity index (χ3n) is 4.10. The van der Waals surface area contributed by atoms with Crippen LogP contribution in [0.1, 0.15) is 17.7 Å². The number of furan rings is 1. The van der Waals surface area contributed by atoms with Crippen LogP contribution in [0.4, 0.5) is 0 Å². The zero-order valence-electron chi connectivity index (χ0n) is 13.4. The molecule has 2 heterocycles. The first-order valence-corrected chi connectivity index (χ1v) is 8.22. The first-order chi connectivity index (χ1) is 12.1. The number of esters is 1. The van der Waals surface area contributed by atoms with Gasteiger partial charge in [0, 0.05) is 16.3 Å². The molecule has 0 saturated carbocycles. The van der Waals surface area contributed by atoms with E-state index >= 15 is 0 Å². The van der Waals surface area contributed by atoms with Gasteiger partial charge in [-0.25, -0.2) is 0 Å². The fraction of sp³-hybridized carbons (Fsp3) is 0.158. The van der Waals surface area contributed by atoms with Crippen molar-refractivity contribution >= 4 is 39.5 Å². The average molecular weight is 356 g/mol. The van der Waals surface area contributed by atoms with Gasteiger partial charge in [-0.3, -0.25) is 4.79 Å². The van der Waals surface area contributed by atoms with Gasteiger partial charge in [0.1, 0.15) is 16.9 Å². The lowest BCUT2D eigenvalue weighted by atomic mass is 10.1. The van der Waals surface area contributed by atoms with Crippen molar-refractivity contribution < 1.29 is 18.5 Å². The molecule has 0 N–H and O–H groups in total. The molecule has 5 nitrogen and oxygen atoms in total. The lowest BCUT2D eigenvalue weighted by molar-refractivity contribution is -0.134. The Labute approximate surface area is 148 Å². The number of para-hydroxylation sites is 1. The number of ether oxygens (including phenoxy) is 1. The van der Waals surface area contributed by atoms with Crippen molar-refractivity contribution in [2.45, 2.75) is 19.8 Å². The fourth-order valence-corrected chi connectivity index (χ4v) is 3.08. The number of rotatable bonds is 4. The number of hydrogen-bond donors (Lipinski definition) is 0. The first kappa shape index (κ1) is 15.7. The number of hydrogen-bond acceptors (Lipinski definition) is 5. The number of halogens is 1. The minimum absolute atomic E-state index is 0.186. The molecule has 4 rings (SSSR count). The SMILES string of the molecule is Cc1noc(Cl)c1CCC(=O)Oc1ccc2oc3ccccc3c2c1. The molecule has 2 aromatic carbocycles. The number of fused-ring (bicyclic) bond motifs is 3. The van der Waals surface area contributed by atoms with Gasteiger partial charge >= 0.3 is 5.97 Å². The Balaban J connectivity index is 1.52. The Bertz CT molecular complexity index is 1060. The number of nitrogens with zero attached hydrogens (tertiary/aromatic N) is 1. The van der Waals surface area contributed by atoms with E-state index in [0.29, 0.717) is 17.9 Å². The molecule has 0 atom stereocenters. The third kappa shape index (κ3) is 2.98. The molecule has 0 aliphatic heterocycles. The highest BCUT2D eigenvalue weighted by molar-refractivity contribution is 6.29. The molecule has 0 unspecified atom stereocenters. The summed E-state index contributed by atoms with van der Waals surface area (Å²) in [5.41, 5.74) is 2.98. The standard InChI is InChI=1S/C19H14ClNO4/c1-11-13(19(20)25-21-11)7-9-18(22)23-12-6-8-17-15(10-12)14-4-2-3-5-16(14)24-17/h2-6,8,10H,7,9H2,1H3. The minimum atomic E-state index is -0.344. The molecule has 0 bridgehead atoms. The number of aryl methyl sites for hydroxylation is 1. The van der Waals surface area contributed by atoms with E-state index in [1.54, 1.807) is 19.1 Å². The van der Waals surface area contributed by atoms with Crippen LogP contribution in [0.2, 0.25) is 5.22 Å². The smallest absolute Gasteiger partial charge is 0.311 e. The maximum atomic E-state index is 12.1. The second-order valence-electron chi connectivity index (χ2n) is 5.75. The van der Waals surface area contributed by atoms with Gasteiger partial charge in [0.15, 0.2) is 0 Å². The predicted octanol–water partition coefficient (Wildman–Crippen LogP) is 5.07. The van der Waals surface area contributed by atoms with Crippen molar-refractivity contribution in [2.24, 2.45) is 0 Å². The van der Waals surface area contributed by atoms with Gasteiger partial charge in [0.05, 0.1) is 12.1 Å². The summed E-state index contributed by atoms with van der Waals surface area (Å²) in [6.07, 6.45) is 0.607. The zero-order chi connectivity index (χ0) is 17.4. The van der Waals surface area contributed by atoms with Crippen molar-refractivity contribution in [3.8, 4) is 5.75 Å². The van der Waals surface area contributed by atoms with Gasteiger partial charge in [0.25, 0.3) is 0 Å². The maximum Gasteiger partial charge on any atom is 0.311 e. The van der Waals surface area contributed by atoms with Gasteiger partial charge in [-0.15, -0.1) is 0 Å². The van der Waals surface area contributed by atoms with Crippen LogP contribution < -0.4 is 4.74 Å². The van der Waals surface area contributed by atoms with E-state index in [1.165, 1.54) is 0 Å². The molecular weight excluding hydrogens is 342 g/mol. The lowest BCUT2D eigenvalue weighted by Gasteiger charge is -2.04. The van der Waals surface area contributed by atoms with Crippen molar-refractivity contribution in [1.82, 2.24) is 5.16 Å². The Kier molecular flexibility index (Phi) is 3.93. The molecule has 0 radical (unpaired) electrons. The molecule has 0 saturated heterocycles. The Morgan fingerprint density at radius 2 is 1.96 bits per heavy atom. The predicted molar refractivity (Wildman–Crippen MR) is 93.9 cm³/mol. The molecule has 0 fully saturated rings. The van der Waals surface area contributed by atoms with Crippen molar-refractivity contribution in [3.05, 3.63) is 58.9 Å². The Hall–Kier alpha value is -2.79. The van der Waals surface area contributed by atoms with E-state index in [4.69, 9.17) is 25.3 Å². The van der Waals surface area contributed by atoms with Crippen LogP contribution in [0.15, 0.2) is 51.4 Å². The van der Waals surface area contributed by atoms with E-state index < -0.39 is 0 Å². The van der Waals surface area contributed by atoms with E-state index in [2.05, 4.69) is 5.16 Å². The Morgan fingerprint density at radius 1 is 1.16 bits per heavy atom. The molecule has 6 heteroatoms. The summed E-state index contributed by atoms with van der Waals surface area (Å²) in [6, 6.07) is 13.1. The van der Waals surface area contributed by atoms with Crippen molar-refractivity contribution in [3.63, 3.8) is 0 Å². The van der Waals surface area contributed by atoms with Crippen LogP contribution in [-0.2, 0) is 11.2 Å². The first-order valence-electron chi connectivity index (χ1n) is 7.84. The van der Waals surface area contributed by atoms with Gasteiger partial charge in [-0.05, 0) is 49.2 Å². The molecule has 2 aromatic heterocycles. The van der Waals surface area contributed by atoms with Crippen LogP contribution in [0.5, 0.6) is 5.75 Å². The molecule has 0 aliphatic carbocycles. The topological polar surface area (TPSA) is 65.5 Å². The van der Waals surface area contributed by atoms with E-state index in [-0.39, 0.29) is 17.6 Å². The monoisotopic (exact) mass is 355 g/mol. The summed E-state index contributed by atoms with van der Waals surface area (Å²) in [7, 11) is 0. The molecule has 0 spiro atoms. The number of carbonyl (C=O) groups is 1. The van der Waals surface area contributed by atoms with Gasteiger partial charge < -0.3 is 13.7 Å². The van der Waals surface area contributed by atoms with Crippen LogP contribution in [0.25, 0.3) is 21.9 Å². The lowest BCUT2D eigenvalue weighted by Crippen LogP contribution is -2.09. The highest BCUT2D eigenvalue weighted by Gasteiger charge is 2.14. The molecule has 0 aliphatic rings. The van der Waals surface area contributed by atoms with Crippen LogP contribution in [-0.4, -0.2) is 11.1 Å². The average Bonchev–Trinajstić information content (AvgIpc) is 3.13. The van der Waals surface area contributed by atoms with E-state index in [9.17, 15) is 4.79 Å². The molecule has 0 amide bonds. The van der Waals surface area contributed by atoms with Gasteiger partial charge in [-0.1, -0.05) is 23.4 Å². The molecular formula is C19H14ClNO4. The maximum absolute atomic E-state index is 12.1. The number of benzene rings is 2. The normalized spacial score (nSPS) is 11.3. The summed E-state index contributed by atoms with van der Waals surface area (Å²) in [5, 5.41) is 5.89. The summed E-state index contributed by atoms with van der Waals surface area (Å²) in [5.74, 6) is 0.140. The van der Waals surface area contributed by atoms with Crippen molar-refractivity contribution in [1.29, 1.82) is 0 Å². The summed E-state index contributed by atoms with van der Waals surface area (Å²) >= 11 is 5.91. The summed E-state index contributed by atoms with van der Waals surface area (Å²) in [6.45, 7) is 1.79. The second-order valence-corrected chi connectivity index (χ2v) is 6.09. The number of carbonyl (C=O) groups excluding carboxylic acids is 1. The third-order valence-corrected chi connectivity index (χ3v) is 4.39. The minimum Gasteiger partial charge on any atom is -0.456 e. The zero-order valence-corrected chi connectivity index (χ0v) is 14.2. The van der Waals surface area contributed by atoms with Gasteiger partial charge in [0.2, 0.25) is 5.22 Å². The Morgan fingerprint density at radius 3 is 2.76 bits per heavy atom. The highest BCUT2D eigenvalue weighted by atomic mass is 35.5. The summed E-state index contributed by atoms with van der Waals surface area (Å²) < 4.78 is 16.1. The van der Waals surface area contributed by atoms with E-state index in [0.717, 1.165) is 27.5 Å². The summed E-state index contributed by atoms with van der Waals surface area (Å²) in [4.78, 5) is 12.1. The van der Waals surface area contributed by atoms with E-state index in [1.807, 2.05) is 30.3 Å². The molecule has 126 valence electrons. The molecule has 4 aromatic rings. The van der Waals surface area contributed by atoms with Gasteiger partial charge in [-0.2, -0.15) is 0 Å². The van der Waals surface area contributed by atoms with Crippen molar-refractivity contribution in [2.75, 3.05) is 0 Å². The quantitative estimate of drug-likeness (QED) is 0.377. The second kappa shape index (κ2) is 6.26. The fourth-order valence-electron chi connectivity index (χ4n) is 2.82. The van der Waals surface area contributed by atoms with Crippen LogP contribution in [0, 0.1) is 6.92 Å². The van der Waals surface area contributed by atoms with Crippen LogP contribution in [0.3, 0.4) is 0 Å². The largest absolute Gasteiger partial charge is 0.456 e. The van der Waals surface area contributed by atoms with Crippen LogP contribution >= 0.6 is 11.6 Å². The molecule has 25 heavy (non-hydrogen) atoms. The number of aromatic nitrogens is 1.